The first kappa shape index (κ1) is 15.4. The highest BCUT2D eigenvalue weighted by atomic mass is 16.4. The van der Waals surface area contributed by atoms with Gasteiger partial charge in [0, 0.05) is 13.1 Å². The Balaban J connectivity index is 2.50. The molecule has 1 atom stereocenters. The van der Waals surface area contributed by atoms with Crippen LogP contribution in [0.2, 0.25) is 0 Å². The summed E-state index contributed by atoms with van der Waals surface area (Å²) in [6, 6.07) is 0. The van der Waals surface area contributed by atoms with E-state index >= 15 is 0 Å². The minimum absolute atomic E-state index is 0.208. The van der Waals surface area contributed by atoms with Crippen LogP contribution in [0.25, 0.3) is 0 Å². The van der Waals surface area contributed by atoms with E-state index in [2.05, 4.69) is 17.1 Å². The zero-order valence-corrected chi connectivity index (χ0v) is 11.5. The van der Waals surface area contributed by atoms with Gasteiger partial charge in [-0.25, -0.2) is 4.79 Å². The van der Waals surface area contributed by atoms with E-state index in [1.807, 2.05) is 0 Å². The second-order valence-electron chi connectivity index (χ2n) is 5.51. The van der Waals surface area contributed by atoms with Crippen molar-refractivity contribution in [2.45, 2.75) is 38.7 Å². The number of nitrogens with one attached hydrogen (secondary N) is 1. The fraction of sp³-hybridized carbons (Fsp3) is 0.923. The van der Waals surface area contributed by atoms with Gasteiger partial charge < -0.3 is 15.5 Å². The topological polar surface area (TPSA) is 72.8 Å². The Bertz CT molecular complexity index is 263. The molecule has 0 radical (unpaired) electrons. The zero-order valence-electron chi connectivity index (χ0n) is 11.5. The van der Waals surface area contributed by atoms with E-state index in [0.717, 1.165) is 45.4 Å². The molecule has 0 spiro atoms. The minimum atomic E-state index is -1.65. The maximum absolute atomic E-state index is 11.0. The number of aliphatic carboxylic acids is 1. The fourth-order valence-corrected chi connectivity index (χ4v) is 2.48. The van der Waals surface area contributed by atoms with Crippen molar-refractivity contribution < 1.29 is 15.0 Å². The molecule has 1 heterocycles. The van der Waals surface area contributed by atoms with Gasteiger partial charge in [-0.15, -0.1) is 0 Å². The van der Waals surface area contributed by atoms with Gasteiger partial charge in [0.2, 0.25) is 0 Å². The molecule has 0 saturated carbocycles. The molecule has 0 bridgehead atoms. The molecule has 1 rings (SSSR count). The second-order valence-corrected chi connectivity index (χ2v) is 5.51. The summed E-state index contributed by atoms with van der Waals surface area (Å²) in [5.41, 5.74) is -1.65. The molecular formula is C13H26N2O3. The number of hydrogen-bond donors (Lipinski definition) is 3. The average molecular weight is 258 g/mol. The van der Waals surface area contributed by atoms with E-state index < -0.39 is 11.6 Å². The van der Waals surface area contributed by atoms with E-state index in [4.69, 9.17) is 5.11 Å². The average Bonchev–Trinajstić information content (AvgIpc) is 2.30. The molecule has 0 aromatic heterocycles. The highest BCUT2D eigenvalue weighted by Gasteiger charge is 2.32. The molecule has 0 aromatic carbocycles. The Morgan fingerprint density at radius 1 is 1.44 bits per heavy atom. The van der Waals surface area contributed by atoms with Crippen LogP contribution in [0.3, 0.4) is 0 Å². The van der Waals surface area contributed by atoms with E-state index in [-0.39, 0.29) is 6.54 Å². The van der Waals surface area contributed by atoms with Crippen molar-refractivity contribution in [1.82, 2.24) is 10.2 Å². The summed E-state index contributed by atoms with van der Waals surface area (Å²) in [6.45, 7) is 7.47. The van der Waals surface area contributed by atoms with Gasteiger partial charge in [0.15, 0.2) is 5.60 Å². The van der Waals surface area contributed by atoms with Crippen molar-refractivity contribution in [3.05, 3.63) is 0 Å². The molecule has 1 aliphatic heterocycles. The largest absolute Gasteiger partial charge is 0.479 e. The van der Waals surface area contributed by atoms with E-state index in [0.29, 0.717) is 5.92 Å². The van der Waals surface area contributed by atoms with Crippen molar-refractivity contribution in [3.63, 3.8) is 0 Å². The Morgan fingerprint density at radius 2 is 2.06 bits per heavy atom. The van der Waals surface area contributed by atoms with Crippen LogP contribution in [-0.2, 0) is 4.79 Å². The Hall–Kier alpha value is -0.650. The lowest BCUT2D eigenvalue weighted by Gasteiger charge is -2.33. The third-order valence-corrected chi connectivity index (χ3v) is 3.51. The molecule has 1 fully saturated rings. The Morgan fingerprint density at radius 3 is 2.56 bits per heavy atom. The SMILES string of the molecule is CCCN(CC1CCNCC1)CC(C)(O)C(=O)O. The predicted octanol–water partition coefficient (Wildman–Crippen LogP) is 0.534. The molecule has 1 aliphatic rings. The molecule has 0 aliphatic carbocycles. The van der Waals surface area contributed by atoms with E-state index in [1.165, 1.54) is 6.92 Å². The smallest absolute Gasteiger partial charge is 0.336 e. The summed E-state index contributed by atoms with van der Waals surface area (Å²) >= 11 is 0. The first-order valence-corrected chi connectivity index (χ1v) is 6.84. The first-order valence-electron chi connectivity index (χ1n) is 6.84. The van der Waals surface area contributed by atoms with Gasteiger partial charge in [-0.2, -0.15) is 0 Å². The van der Waals surface area contributed by atoms with Crippen molar-refractivity contribution in [3.8, 4) is 0 Å². The Labute approximate surface area is 109 Å². The van der Waals surface area contributed by atoms with Crippen LogP contribution in [0.5, 0.6) is 0 Å². The van der Waals surface area contributed by atoms with Crippen LogP contribution in [0.4, 0.5) is 0 Å². The number of hydrogen-bond acceptors (Lipinski definition) is 4. The second kappa shape index (κ2) is 7.07. The van der Waals surface area contributed by atoms with Gasteiger partial charge in [0.05, 0.1) is 0 Å². The quantitative estimate of drug-likeness (QED) is 0.621. The number of nitrogens with zero attached hydrogens (tertiary/aromatic N) is 1. The fourth-order valence-electron chi connectivity index (χ4n) is 2.48. The lowest BCUT2D eigenvalue weighted by molar-refractivity contribution is -0.158. The van der Waals surface area contributed by atoms with Crippen LogP contribution < -0.4 is 5.32 Å². The maximum Gasteiger partial charge on any atom is 0.336 e. The monoisotopic (exact) mass is 258 g/mol. The molecule has 1 unspecified atom stereocenters. The van der Waals surface area contributed by atoms with Gasteiger partial charge in [0.1, 0.15) is 0 Å². The summed E-state index contributed by atoms with van der Waals surface area (Å²) in [4.78, 5) is 13.1. The van der Waals surface area contributed by atoms with Crippen molar-refractivity contribution >= 4 is 5.97 Å². The third-order valence-electron chi connectivity index (χ3n) is 3.51. The van der Waals surface area contributed by atoms with Crippen molar-refractivity contribution in [2.24, 2.45) is 5.92 Å². The zero-order chi connectivity index (χ0) is 13.6. The molecule has 0 aromatic rings. The van der Waals surface area contributed by atoms with Crippen LogP contribution >= 0.6 is 0 Å². The molecule has 5 nitrogen and oxygen atoms in total. The van der Waals surface area contributed by atoms with Crippen LogP contribution in [0.15, 0.2) is 0 Å². The summed E-state index contributed by atoms with van der Waals surface area (Å²) < 4.78 is 0. The molecule has 0 amide bonds. The number of carboxylic acids is 1. The number of piperidine rings is 1. The van der Waals surface area contributed by atoms with Gasteiger partial charge >= 0.3 is 5.97 Å². The molecule has 106 valence electrons. The number of carbonyl (C=O) groups is 1. The number of carboxylic acid groups (broad SMARTS) is 1. The minimum Gasteiger partial charge on any atom is -0.479 e. The van der Waals surface area contributed by atoms with Crippen molar-refractivity contribution in [2.75, 3.05) is 32.7 Å². The summed E-state index contributed by atoms with van der Waals surface area (Å²) in [5.74, 6) is -0.531. The van der Waals surface area contributed by atoms with E-state index in [9.17, 15) is 9.90 Å². The summed E-state index contributed by atoms with van der Waals surface area (Å²) in [5, 5.41) is 22.2. The summed E-state index contributed by atoms with van der Waals surface area (Å²) in [7, 11) is 0. The standard InChI is InChI=1S/C13H26N2O3/c1-3-8-15(10-13(2,18)12(16)17)9-11-4-6-14-7-5-11/h11,14,18H,3-10H2,1-2H3,(H,16,17). The molecule has 1 saturated heterocycles. The van der Waals surface area contributed by atoms with Gasteiger partial charge in [-0.05, 0) is 51.7 Å². The lowest BCUT2D eigenvalue weighted by Crippen LogP contribution is -2.48. The van der Waals surface area contributed by atoms with Crippen LogP contribution in [0.1, 0.15) is 33.1 Å². The molecular weight excluding hydrogens is 232 g/mol. The normalized spacial score (nSPS) is 20.9. The number of rotatable bonds is 7. The molecule has 3 N–H and O–H groups in total. The molecule has 5 heteroatoms. The molecule has 18 heavy (non-hydrogen) atoms. The van der Waals surface area contributed by atoms with Crippen LogP contribution in [0, 0.1) is 5.92 Å². The highest BCUT2D eigenvalue weighted by Crippen LogP contribution is 2.16. The van der Waals surface area contributed by atoms with Gasteiger partial charge in [0.25, 0.3) is 0 Å². The third kappa shape index (κ3) is 4.92. The van der Waals surface area contributed by atoms with Gasteiger partial charge in [-0.1, -0.05) is 6.92 Å². The number of aliphatic hydroxyl groups is 1. The van der Waals surface area contributed by atoms with Gasteiger partial charge in [-0.3, -0.25) is 4.90 Å². The Kier molecular flexibility index (Phi) is 6.05. The van der Waals surface area contributed by atoms with Crippen molar-refractivity contribution in [1.29, 1.82) is 0 Å². The highest BCUT2D eigenvalue weighted by molar-refractivity contribution is 5.76. The lowest BCUT2D eigenvalue weighted by atomic mass is 9.96. The maximum atomic E-state index is 11.0. The summed E-state index contributed by atoms with van der Waals surface area (Å²) in [6.07, 6.45) is 3.24. The predicted molar refractivity (Wildman–Crippen MR) is 70.6 cm³/mol. The van der Waals surface area contributed by atoms with Crippen LogP contribution in [-0.4, -0.2) is 59.4 Å². The first-order chi connectivity index (χ1) is 8.45. The van der Waals surface area contributed by atoms with E-state index in [1.54, 1.807) is 0 Å².